The van der Waals surface area contributed by atoms with E-state index in [9.17, 15) is 5.11 Å². The molecule has 2 aliphatic heterocycles. The highest BCUT2D eigenvalue weighted by molar-refractivity contribution is 5.85. The summed E-state index contributed by atoms with van der Waals surface area (Å²) in [5.74, 6) is 2.19. The third-order valence-corrected chi connectivity index (χ3v) is 4.36. The van der Waals surface area contributed by atoms with Gasteiger partial charge in [-0.1, -0.05) is 6.07 Å². The number of rotatable bonds is 4. The molecule has 23 heavy (non-hydrogen) atoms. The zero-order valence-corrected chi connectivity index (χ0v) is 12.8. The Morgan fingerprint density at radius 3 is 3.04 bits per heavy atom. The number of hydrogen-bond donors (Lipinski definition) is 2. The summed E-state index contributed by atoms with van der Waals surface area (Å²) < 4.78 is 5.85. The summed E-state index contributed by atoms with van der Waals surface area (Å²) in [6, 6.07) is 9.52. The Balaban J connectivity index is 1.79. The molecule has 5 heteroatoms. The van der Waals surface area contributed by atoms with E-state index < -0.39 is 0 Å². The van der Waals surface area contributed by atoms with Crippen molar-refractivity contribution in [1.82, 2.24) is 10.3 Å². The van der Waals surface area contributed by atoms with Crippen LogP contribution in [0.3, 0.4) is 0 Å². The van der Waals surface area contributed by atoms with E-state index in [-0.39, 0.29) is 11.7 Å². The van der Waals surface area contributed by atoms with Crippen LogP contribution in [-0.2, 0) is 6.42 Å². The molecule has 2 aliphatic rings. The third-order valence-electron chi connectivity index (χ3n) is 4.36. The van der Waals surface area contributed by atoms with Crippen molar-refractivity contribution in [3.05, 3.63) is 53.3 Å². The van der Waals surface area contributed by atoms with Crippen molar-refractivity contribution in [3.63, 3.8) is 0 Å². The largest absolute Gasteiger partial charge is 0.508 e. The summed E-state index contributed by atoms with van der Waals surface area (Å²) in [6.45, 7) is 2.37. The molecule has 3 heterocycles. The Morgan fingerprint density at radius 1 is 1.30 bits per heavy atom. The van der Waals surface area contributed by atoms with Gasteiger partial charge in [0.2, 0.25) is 0 Å². The van der Waals surface area contributed by atoms with Gasteiger partial charge < -0.3 is 15.2 Å². The first-order chi connectivity index (χ1) is 11.3. The van der Waals surface area contributed by atoms with Crippen LogP contribution in [0.25, 0.3) is 0 Å². The normalized spacial score (nSPS) is 17.1. The lowest BCUT2D eigenvalue weighted by atomic mass is 9.89. The molecule has 0 spiro atoms. The van der Waals surface area contributed by atoms with E-state index in [1.807, 2.05) is 18.2 Å². The van der Waals surface area contributed by atoms with E-state index in [1.165, 1.54) is 0 Å². The summed E-state index contributed by atoms with van der Waals surface area (Å²) in [4.78, 5) is 9.05. The molecule has 118 valence electrons. The third kappa shape index (κ3) is 2.74. The molecule has 0 amide bonds. The second-order valence-corrected chi connectivity index (χ2v) is 5.89. The lowest BCUT2D eigenvalue weighted by Gasteiger charge is -2.20. The van der Waals surface area contributed by atoms with Crippen LogP contribution in [0.2, 0.25) is 0 Å². The van der Waals surface area contributed by atoms with Crippen molar-refractivity contribution >= 4 is 5.84 Å². The van der Waals surface area contributed by atoms with Crippen molar-refractivity contribution in [2.24, 2.45) is 4.99 Å². The fourth-order valence-electron chi connectivity index (χ4n) is 3.31. The van der Waals surface area contributed by atoms with Gasteiger partial charge in [-0.15, -0.1) is 0 Å². The molecular formula is C18H19N3O2. The summed E-state index contributed by atoms with van der Waals surface area (Å²) in [5.41, 5.74) is 3.03. The highest BCUT2D eigenvalue weighted by Gasteiger charge is 2.27. The van der Waals surface area contributed by atoms with E-state index in [0.717, 1.165) is 54.3 Å². The van der Waals surface area contributed by atoms with Gasteiger partial charge >= 0.3 is 0 Å². The first-order valence-corrected chi connectivity index (χ1v) is 7.98. The van der Waals surface area contributed by atoms with Crippen LogP contribution in [0.4, 0.5) is 0 Å². The van der Waals surface area contributed by atoms with Gasteiger partial charge in [-0.2, -0.15) is 0 Å². The molecule has 0 bridgehead atoms. The van der Waals surface area contributed by atoms with Crippen molar-refractivity contribution in [2.75, 3.05) is 19.7 Å². The number of benzene rings is 1. The quantitative estimate of drug-likeness (QED) is 0.909. The Labute approximate surface area is 135 Å². The maximum Gasteiger partial charge on any atom is 0.126 e. The number of aromatic nitrogens is 1. The van der Waals surface area contributed by atoms with E-state index >= 15 is 0 Å². The van der Waals surface area contributed by atoms with Gasteiger partial charge in [0.15, 0.2) is 0 Å². The zero-order chi connectivity index (χ0) is 15.6. The van der Waals surface area contributed by atoms with Crippen LogP contribution >= 0.6 is 0 Å². The van der Waals surface area contributed by atoms with Gasteiger partial charge in [0.25, 0.3) is 0 Å². The fraction of sp³-hybridized carbons (Fsp3) is 0.333. The minimum absolute atomic E-state index is 0.0134. The number of pyridine rings is 1. The molecular weight excluding hydrogens is 290 g/mol. The van der Waals surface area contributed by atoms with Crippen molar-refractivity contribution in [1.29, 1.82) is 0 Å². The van der Waals surface area contributed by atoms with E-state index in [2.05, 4.69) is 15.3 Å². The zero-order valence-electron chi connectivity index (χ0n) is 12.8. The predicted molar refractivity (Wildman–Crippen MR) is 88.3 cm³/mol. The van der Waals surface area contributed by atoms with Crippen molar-refractivity contribution in [2.45, 2.75) is 18.8 Å². The highest BCUT2D eigenvalue weighted by Crippen LogP contribution is 2.41. The maximum atomic E-state index is 10.1. The average molecular weight is 309 g/mol. The standard InChI is InChI=1S/C18H19N3O2/c22-13-9-12-4-8-23-18(12)15(10-13)14(11-17-20-6-7-21-17)16-3-1-2-5-19-16/h1-3,5,9-10,14,22H,4,6-8,11H2,(H,20,21). The number of aromatic hydroxyl groups is 1. The lowest BCUT2D eigenvalue weighted by Crippen LogP contribution is -2.22. The molecule has 4 rings (SSSR count). The van der Waals surface area contributed by atoms with E-state index in [1.54, 1.807) is 18.3 Å². The number of phenolic OH excluding ortho intramolecular Hbond substituents is 1. The van der Waals surface area contributed by atoms with Gasteiger partial charge in [-0.3, -0.25) is 9.98 Å². The summed E-state index contributed by atoms with van der Waals surface area (Å²) in [7, 11) is 0. The predicted octanol–water partition coefficient (Wildman–Crippen LogP) is 2.25. The number of phenols is 1. The number of fused-ring (bicyclic) bond motifs is 1. The van der Waals surface area contributed by atoms with Crippen molar-refractivity contribution in [3.8, 4) is 11.5 Å². The second-order valence-electron chi connectivity index (χ2n) is 5.89. The second kappa shape index (κ2) is 5.91. The van der Waals surface area contributed by atoms with Crippen LogP contribution in [0.15, 0.2) is 41.5 Å². The average Bonchev–Trinajstić information content (AvgIpc) is 3.24. The number of aliphatic imine (C=N–C) groups is 1. The maximum absolute atomic E-state index is 10.1. The molecule has 2 aromatic rings. The number of ether oxygens (including phenoxy) is 1. The molecule has 0 aliphatic carbocycles. The number of amidine groups is 1. The van der Waals surface area contributed by atoms with Crippen molar-refractivity contribution < 1.29 is 9.84 Å². The molecule has 0 fully saturated rings. The molecule has 1 aromatic carbocycles. The molecule has 1 atom stereocenters. The number of hydrogen-bond acceptors (Lipinski definition) is 5. The van der Waals surface area contributed by atoms with Gasteiger partial charge in [-0.25, -0.2) is 0 Å². The fourth-order valence-corrected chi connectivity index (χ4v) is 3.31. The summed E-state index contributed by atoms with van der Waals surface area (Å²) >= 11 is 0. The van der Waals surface area contributed by atoms with Gasteiger partial charge in [0.05, 0.1) is 19.0 Å². The first kappa shape index (κ1) is 14.1. The minimum atomic E-state index is 0.0134. The number of nitrogens with zero attached hydrogens (tertiary/aromatic N) is 2. The first-order valence-electron chi connectivity index (χ1n) is 7.98. The molecule has 2 N–H and O–H groups in total. The molecule has 1 unspecified atom stereocenters. The monoisotopic (exact) mass is 309 g/mol. The molecule has 0 saturated carbocycles. The summed E-state index contributed by atoms with van der Waals surface area (Å²) in [6.07, 6.45) is 3.37. The van der Waals surface area contributed by atoms with Gasteiger partial charge in [-0.05, 0) is 24.3 Å². The molecule has 0 saturated heterocycles. The lowest BCUT2D eigenvalue weighted by molar-refractivity contribution is 0.351. The minimum Gasteiger partial charge on any atom is -0.508 e. The van der Waals surface area contributed by atoms with E-state index in [4.69, 9.17) is 4.74 Å². The van der Waals surface area contributed by atoms with Crippen LogP contribution in [0.1, 0.15) is 29.2 Å². The van der Waals surface area contributed by atoms with Crippen LogP contribution in [-0.4, -0.2) is 35.6 Å². The molecule has 1 aromatic heterocycles. The van der Waals surface area contributed by atoms with Crippen LogP contribution in [0.5, 0.6) is 11.5 Å². The topological polar surface area (TPSA) is 66.7 Å². The molecule has 0 radical (unpaired) electrons. The Morgan fingerprint density at radius 2 is 2.26 bits per heavy atom. The SMILES string of the molecule is Oc1cc2c(c(C(CC3=NCCN3)c3ccccn3)c1)OCC2. The summed E-state index contributed by atoms with van der Waals surface area (Å²) in [5, 5.41) is 13.4. The smallest absolute Gasteiger partial charge is 0.126 e. The van der Waals surface area contributed by atoms with Gasteiger partial charge in [0.1, 0.15) is 11.5 Å². The van der Waals surface area contributed by atoms with Crippen LogP contribution in [0, 0.1) is 0 Å². The Hall–Kier alpha value is -2.56. The highest BCUT2D eigenvalue weighted by atomic mass is 16.5. The Bertz CT molecular complexity index is 743. The Kier molecular flexibility index (Phi) is 3.61. The van der Waals surface area contributed by atoms with Crippen LogP contribution < -0.4 is 10.1 Å². The van der Waals surface area contributed by atoms with Gasteiger partial charge in [0, 0.05) is 48.3 Å². The number of nitrogens with one attached hydrogen (secondary N) is 1. The molecule has 5 nitrogen and oxygen atoms in total. The van der Waals surface area contributed by atoms with E-state index in [0.29, 0.717) is 6.61 Å².